The molecule has 0 amide bonds. The van der Waals surface area contributed by atoms with E-state index in [1.165, 1.54) is 25.3 Å². The molecule has 1 saturated heterocycles. The molecule has 2 atom stereocenters. The highest BCUT2D eigenvalue weighted by molar-refractivity contribution is 6.00. The summed E-state index contributed by atoms with van der Waals surface area (Å²) in [5.41, 5.74) is 5.59. The number of fused-ring (bicyclic) bond motifs is 1. The van der Waals surface area contributed by atoms with E-state index in [0.717, 1.165) is 25.2 Å². The lowest BCUT2D eigenvalue weighted by atomic mass is 10.0. The second-order valence-electron chi connectivity index (χ2n) is 6.00. The number of hydrogen-bond acceptors (Lipinski definition) is 2. The first-order valence-electron chi connectivity index (χ1n) is 7.17. The van der Waals surface area contributed by atoms with Gasteiger partial charge in [-0.2, -0.15) is 13.2 Å². The zero-order chi connectivity index (χ0) is 15.2. The van der Waals surface area contributed by atoms with Gasteiger partial charge in [-0.1, -0.05) is 6.42 Å². The van der Waals surface area contributed by atoms with E-state index >= 15 is 0 Å². The van der Waals surface area contributed by atoms with Crippen LogP contribution < -0.4 is 10.6 Å². The quantitative estimate of drug-likeness (QED) is 0.650. The van der Waals surface area contributed by atoms with Gasteiger partial charge in [-0.05, 0) is 42.9 Å². The van der Waals surface area contributed by atoms with E-state index in [1.54, 1.807) is 0 Å². The van der Waals surface area contributed by atoms with Crippen LogP contribution in [0, 0.1) is 17.2 Å². The lowest BCUT2D eigenvalue weighted by Gasteiger charge is -2.23. The third kappa shape index (κ3) is 2.59. The van der Waals surface area contributed by atoms with Crippen LogP contribution in [0.3, 0.4) is 0 Å². The third-order valence-corrected chi connectivity index (χ3v) is 4.68. The molecule has 2 aliphatic rings. The first-order chi connectivity index (χ1) is 9.86. The maximum absolute atomic E-state index is 12.8. The average Bonchev–Trinajstić information content (AvgIpc) is 2.97. The maximum Gasteiger partial charge on any atom is 0.416 e. The fourth-order valence-corrected chi connectivity index (χ4v) is 3.64. The number of rotatable bonds is 2. The monoisotopic (exact) mass is 297 g/mol. The van der Waals surface area contributed by atoms with Gasteiger partial charge in [-0.25, -0.2) is 0 Å². The summed E-state index contributed by atoms with van der Waals surface area (Å²) in [5, 5.41) is 7.58. The second kappa shape index (κ2) is 4.93. The number of hydrogen-bond donors (Lipinski definition) is 2. The Balaban J connectivity index is 1.93. The van der Waals surface area contributed by atoms with E-state index < -0.39 is 11.7 Å². The topological polar surface area (TPSA) is 53.1 Å². The van der Waals surface area contributed by atoms with Gasteiger partial charge in [0, 0.05) is 24.3 Å². The minimum absolute atomic E-state index is 0.185. The molecule has 3 rings (SSSR count). The van der Waals surface area contributed by atoms with Gasteiger partial charge in [-0.3, -0.25) is 5.41 Å². The van der Waals surface area contributed by atoms with Crippen LogP contribution in [-0.2, 0) is 6.18 Å². The van der Waals surface area contributed by atoms with Crippen LogP contribution in [0.1, 0.15) is 30.4 Å². The molecule has 0 radical (unpaired) electrons. The summed E-state index contributed by atoms with van der Waals surface area (Å²) in [6.07, 6.45) is -0.783. The number of anilines is 1. The molecule has 0 aromatic heterocycles. The molecule has 1 aliphatic heterocycles. The summed E-state index contributed by atoms with van der Waals surface area (Å²) in [5.74, 6) is 0.951. The standard InChI is InChI=1S/C15H18F3N3/c16-15(17,18)11-4-5-13(12(6-11)14(19)20)21-7-9-2-1-3-10(9)8-21/h4-6,9-10H,1-3,7-8H2,(H3,19,20). The normalized spacial score (nSPS) is 25.2. The summed E-state index contributed by atoms with van der Waals surface area (Å²) < 4.78 is 38.4. The fraction of sp³-hybridized carbons (Fsp3) is 0.533. The Hall–Kier alpha value is -1.72. The summed E-state index contributed by atoms with van der Waals surface area (Å²) in [6.45, 7) is 1.71. The molecule has 3 nitrogen and oxygen atoms in total. The predicted molar refractivity (Wildman–Crippen MR) is 75.5 cm³/mol. The van der Waals surface area contributed by atoms with E-state index in [2.05, 4.69) is 4.90 Å². The number of nitrogens with two attached hydrogens (primary N) is 1. The first kappa shape index (κ1) is 14.2. The van der Waals surface area contributed by atoms with Crippen LogP contribution in [-0.4, -0.2) is 18.9 Å². The van der Waals surface area contributed by atoms with Crippen LogP contribution >= 0.6 is 0 Å². The van der Waals surface area contributed by atoms with Crippen molar-refractivity contribution in [3.63, 3.8) is 0 Å². The zero-order valence-corrected chi connectivity index (χ0v) is 11.6. The smallest absolute Gasteiger partial charge is 0.384 e. The van der Waals surface area contributed by atoms with Crippen molar-refractivity contribution in [2.45, 2.75) is 25.4 Å². The van der Waals surface area contributed by atoms with Gasteiger partial charge in [0.1, 0.15) is 5.84 Å². The molecule has 6 heteroatoms. The molecule has 2 unspecified atom stereocenters. The molecule has 3 N–H and O–H groups in total. The van der Waals surface area contributed by atoms with E-state index in [-0.39, 0.29) is 11.4 Å². The minimum atomic E-state index is -4.41. The highest BCUT2D eigenvalue weighted by Crippen LogP contribution is 2.41. The number of alkyl halides is 3. The summed E-state index contributed by atoms with van der Waals surface area (Å²) in [4.78, 5) is 2.09. The Bertz CT molecular complexity index is 556. The summed E-state index contributed by atoms with van der Waals surface area (Å²) in [6, 6.07) is 3.53. The van der Waals surface area contributed by atoms with Crippen molar-refractivity contribution in [2.24, 2.45) is 17.6 Å². The van der Waals surface area contributed by atoms with Crippen molar-refractivity contribution >= 4 is 11.5 Å². The molecule has 1 saturated carbocycles. The van der Waals surface area contributed by atoms with Gasteiger partial charge < -0.3 is 10.6 Å². The largest absolute Gasteiger partial charge is 0.416 e. The second-order valence-corrected chi connectivity index (χ2v) is 6.00. The SMILES string of the molecule is N=C(N)c1cc(C(F)(F)F)ccc1N1CC2CCCC2C1. The van der Waals surface area contributed by atoms with Crippen molar-refractivity contribution < 1.29 is 13.2 Å². The van der Waals surface area contributed by atoms with Gasteiger partial charge in [0.05, 0.1) is 5.56 Å². The fourth-order valence-electron chi connectivity index (χ4n) is 3.64. The molecule has 114 valence electrons. The molecule has 1 aliphatic carbocycles. The van der Waals surface area contributed by atoms with E-state index in [0.29, 0.717) is 17.5 Å². The van der Waals surface area contributed by atoms with Crippen LogP contribution in [0.5, 0.6) is 0 Å². The van der Waals surface area contributed by atoms with Crippen LogP contribution in [0.4, 0.5) is 18.9 Å². The molecular weight excluding hydrogens is 279 g/mol. The van der Waals surface area contributed by atoms with E-state index in [9.17, 15) is 13.2 Å². The third-order valence-electron chi connectivity index (χ3n) is 4.68. The van der Waals surface area contributed by atoms with Crippen LogP contribution in [0.2, 0.25) is 0 Å². The van der Waals surface area contributed by atoms with E-state index in [1.807, 2.05) is 0 Å². The minimum Gasteiger partial charge on any atom is -0.384 e. The maximum atomic E-state index is 12.8. The van der Waals surface area contributed by atoms with Gasteiger partial charge >= 0.3 is 6.18 Å². The Morgan fingerprint density at radius 1 is 1.19 bits per heavy atom. The molecule has 21 heavy (non-hydrogen) atoms. The lowest BCUT2D eigenvalue weighted by Crippen LogP contribution is -2.25. The number of nitrogens with zero attached hydrogens (tertiary/aromatic N) is 1. The zero-order valence-electron chi connectivity index (χ0n) is 11.6. The number of halogens is 3. The first-order valence-corrected chi connectivity index (χ1v) is 7.17. The molecule has 0 spiro atoms. The number of benzene rings is 1. The molecular formula is C15H18F3N3. The molecule has 2 fully saturated rings. The molecule has 1 heterocycles. The molecule has 1 aromatic rings. The molecule has 0 bridgehead atoms. The summed E-state index contributed by atoms with van der Waals surface area (Å²) in [7, 11) is 0. The van der Waals surface area contributed by atoms with Crippen molar-refractivity contribution in [1.29, 1.82) is 5.41 Å². The highest BCUT2D eigenvalue weighted by atomic mass is 19.4. The van der Waals surface area contributed by atoms with E-state index in [4.69, 9.17) is 11.1 Å². The van der Waals surface area contributed by atoms with Gasteiger partial charge in [0.25, 0.3) is 0 Å². The van der Waals surface area contributed by atoms with Crippen molar-refractivity contribution in [1.82, 2.24) is 0 Å². The Morgan fingerprint density at radius 2 is 1.81 bits per heavy atom. The molecule has 1 aromatic carbocycles. The van der Waals surface area contributed by atoms with Crippen molar-refractivity contribution in [2.75, 3.05) is 18.0 Å². The van der Waals surface area contributed by atoms with Gasteiger partial charge in [0.15, 0.2) is 0 Å². The Morgan fingerprint density at radius 3 is 2.33 bits per heavy atom. The number of amidine groups is 1. The van der Waals surface area contributed by atoms with Crippen molar-refractivity contribution in [3.8, 4) is 0 Å². The predicted octanol–water partition coefficient (Wildman–Crippen LogP) is 3.23. The Kier molecular flexibility index (Phi) is 3.34. The van der Waals surface area contributed by atoms with Gasteiger partial charge in [0.2, 0.25) is 0 Å². The number of nitrogens with one attached hydrogen (secondary N) is 1. The van der Waals surface area contributed by atoms with Crippen LogP contribution in [0.15, 0.2) is 18.2 Å². The van der Waals surface area contributed by atoms with Gasteiger partial charge in [-0.15, -0.1) is 0 Å². The van der Waals surface area contributed by atoms with Crippen LogP contribution in [0.25, 0.3) is 0 Å². The lowest BCUT2D eigenvalue weighted by molar-refractivity contribution is -0.137. The average molecular weight is 297 g/mol. The van der Waals surface area contributed by atoms with Crippen molar-refractivity contribution in [3.05, 3.63) is 29.3 Å². The Labute approximate surface area is 121 Å². The highest BCUT2D eigenvalue weighted by Gasteiger charge is 2.37. The number of nitrogen functional groups attached to an aromatic ring is 1. The summed E-state index contributed by atoms with van der Waals surface area (Å²) >= 11 is 0.